The van der Waals surface area contributed by atoms with E-state index in [4.69, 9.17) is 0 Å². The lowest BCUT2D eigenvalue weighted by Crippen LogP contribution is -2.09. The highest BCUT2D eigenvalue weighted by Crippen LogP contribution is 2.13. The highest BCUT2D eigenvalue weighted by molar-refractivity contribution is 7.80. The Morgan fingerprint density at radius 2 is 1.24 bits per heavy atom. The summed E-state index contributed by atoms with van der Waals surface area (Å²) in [6, 6.07) is 1.59. The van der Waals surface area contributed by atoms with Crippen molar-refractivity contribution < 1.29 is 0 Å². The van der Waals surface area contributed by atoms with Gasteiger partial charge < -0.3 is 4.98 Å². The number of hydrogen-bond donors (Lipinski definition) is 2. The number of aromatic nitrogens is 2. The molecule has 0 spiro atoms. The Kier molecular flexibility index (Phi) is 13.8. The first-order valence-electron chi connectivity index (χ1n) is 10.5. The lowest BCUT2D eigenvalue weighted by molar-refractivity contribution is 0.531. The Labute approximate surface area is 159 Å². The van der Waals surface area contributed by atoms with E-state index in [1.54, 1.807) is 6.07 Å². The normalized spacial score (nSPS) is 11.1. The number of H-pyrrole nitrogens is 1. The molecule has 0 bridgehead atoms. The second-order valence-corrected chi connectivity index (χ2v) is 7.68. The lowest BCUT2D eigenvalue weighted by atomic mass is 10.0. The van der Waals surface area contributed by atoms with Crippen LogP contribution in [0, 0.1) is 0 Å². The third kappa shape index (κ3) is 13.1. The van der Waals surface area contributed by atoms with Crippen LogP contribution in [-0.2, 0) is 6.42 Å². The molecule has 1 heterocycles. The van der Waals surface area contributed by atoms with Crippen LogP contribution in [-0.4, -0.2) is 9.97 Å². The number of aromatic amines is 1. The van der Waals surface area contributed by atoms with E-state index in [-0.39, 0.29) is 5.56 Å². The summed E-state index contributed by atoms with van der Waals surface area (Å²) < 4.78 is 0. The molecule has 0 amide bonds. The highest BCUT2D eigenvalue weighted by Gasteiger charge is 1.99. The third-order valence-electron chi connectivity index (χ3n) is 4.82. The molecule has 1 rings (SSSR count). The van der Waals surface area contributed by atoms with Crippen LogP contribution in [0.1, 0.15) is 109 Å². The van der Waals surface area contributed by atoms with E-state index in [1.165, 1.54) is 89.9 Å². The molecule has 25 heavy (non-hydrogen) atoms. The van der Waals surface area contributed by atoms with E-state index in [1.807, 2.05) is 0 Å². The minimum atomic E-state index is -0.101. The topological polar surface area (TPSA) is 45.8 Å². The zero-order chi connectivity index (χ0) is 18.2. The van der Waals surface area contributed by atoms with E-state index >= 15 is 0 Å². The van der Waals surface area contributed by atoms with Crippen LogP contribution in [0.5, 0.6) is 0 Å². The van der Waals surface area contributed by atoms with Gasteiger partial charge in [0.1, 0.15) is 0 Å². The van der Waals surface area contributed by atoms with Crippen molar-refractivity contribution in [3.8, 4) is 0 Å². The molecule has 0 atom stereocenters. The van der Waals surface area contributed by atoms with Crippen LogP contribution in [0.4, 0.5) is 0 Å². The monoisotopic (exact) mass is 366 g/mol. The zero-order valence-electron chi connectivity index (χ0n) is 16.2. The molecule has 144 valence electrons. The number of hydrogen-bond acceptors (Lipinski definition) is 3. The Balaban J connectivity index is 1.82. The van der Waals surface area contributed by atoms with Crippen LogP contribution >= 0.6 is 12.6 Å². The van der Waals surface area contributed by atoms with Crippen LogP contribution in [0.25, 0.3) is 0 Å². The van der Waals surface area contributed by atoms with Gasteiger partial charge in [-0.15, -0.1) is 12.6 Å². The molecule has 4 heteroatoms. The van der Waals surface area contributed by atoms with Gasteiger partial charge in [0.25, 0.3) is 5.56 Å². The maximum atomic E-state index is 11.3. The SMILES string of the molecule is CCCCCCCCCCCCCCCCCc1cc(=O)[nH]c(S)n1. The number of nitrogens with zero attached hydrogens (tertiary/aromatic N) is 1. The Bertz CT molecular complexity index is 487. The first kappa shape index (κ1) is 22.3. The lowest BCUT2D eigenvalue weighted by Gasteiger charge is -2.04. The molecule has 0 unspecified atom stereocenters. The fourth-order valence-corrected chi connectivity index (χ4v) is 3.54. The van der Waals surface area contributed by atoms with Crippen molar-refractivity contribution >= 4 is 12.6 Å². The summed E-state index contributed by atoms with van der Waals surface area (Å²) in [7, 11) is 0. The molecule has 0 aliphatic carbocycles. The van der Waals surface area contributed by atoms with E-state index < -0.39 is 0 Å². The van der Waals surface area contributed by atoms with E-state index in [0.29, 0.717) is 5.16 Å². The van der Waals surface area contributed by atoms with Crippen molar-refractivity contribution in [2.24, 2.45) is 0 Å². The van der Waals surface area contributed by atoms with Crippen LogP contribution in [0.15, 0.2) is 16.0 Å². The summed E-state index contributed by atoms with van der Waals surface area (Å²) in [5, 5.41) is 0.420. The van der Waals surface area contributed by atoms with E-state index in [0.717, 1.165) is 18.5 Å². The van der Waals surface area contributed by atoms with Gasteiger partial charge in [-0.25, -0.2) is 4.98 Å². The summed E-state index contributed by atoms with van der Waals surface area (Å²) in [5.74, 6) is 0. The maximum Gasteiger partial charge on any atom is 0.251 e. The number of nitrogens with one attached hydrogen (secondary N) is 1. The van der Waals surface area contributed by atoms with E-state index in [9.17, 15) is 4.79 Å². The summed E-state index contributed by atoms with van der Waals surface area (Å²) >= 11 is 4.11. The molecule has 3 nitrogen and oxygen atoms in total. The number of rotatable bonds is 16. The van der Waals surface area contributed by atoms with Crippen molar-refractivity contribution in [3.63, 3.8) is 0 Å². The predicted octanol–water partition coefficient (Wildman–Crippen LogP) is 6.47. The molecule has 1 aromatic rings. The highest BCUT2D eigenvalue weighted by atomic mass is 32.1. The van der Waals surface area contributed by atoms with Crippen molar-refractivity contribution in [1.29, 1.82) is 0 Å². The zero-order valence-corrected chi connectivity index (χ0v) is 17.1. The van der Waals surface area contributed by atoms with Gasteiger partial charge in [-0.1, -0.05) is 96.8 Å². The molecule has 0 saturated heterocycles. The van der Waals surface area contributed by atoms with Crippen molar-refractivity contribution in [2.75, 3.05) is 0 Å². The third-order valence-corrected chi connectivity index (χ3v) is 5.03. The quantitative estimate of drug-likeness (QED) is 0.200. The second-order valence-electron chi connectivity index (χ2n) is 7.26. The van der Waals surface area contributed by atoms with Crippen molar-refractivity contribution in [1.82, 2.24) is 9.97 Å². The molecular weight excluding hydrogens is 328 g/mol. The average Bonchev–Trinajstić information content (AvgIpc) is 2.57. The summed E-state index contributed by atoms with van der Waals surface area (Å²) in [6.07, 6.45) is 21.4. The summed E-state index contributed by atoms with van der Waals surface area (Å²) in [4.78, 5) is 18.1. The smallest absolute Gasteiger partial charge is 0.251 e. The van der Waals surface area contributed by atoms with Gasteiger partial charge in [-0.2, -0.15) is 0 Å². The maximum absolute atomic E-state index is 11.3. The molecule has 0 aliphatic rings. The van der Waals surface area contributed by atoms with Gasteiger partial charge in [0, 0.05) is 11.8 Å². The fourth-order valence-electron chi connectivity index (χ4n) is 3.30. The molecule has 0 aliphatic heterocycles. The first-order valence-corrected chi connectivity index (χ1v) is 11.0. The van der Waals surface area contributed by atoms with Gasteiger partial charge in [-0.3, -0.25) is 4.79 Å². The van der Waals surface area contributed by atoms with Crippen molar-refractivity contribution in [2.45, 2.75) is 115 Å². The van der Waals surface area contributed by atoms with Crippen LogP contribution in [0.2, 0.25) is 0 Å². The van der Waals surface area contributed by atoms with Gasteiger partial charge in [0.2, 0.25) is 0 Å². The molecule has 1 aromatic heterocycles. The largest absolute Gasteiger partial charge is 0.302 e. The average molecular weight is 367 g/mol. The van der Waals surface area contributed by atoms with Crippen molar-refractivity contribution in [3.05, 3.63) is 22.1 Å². The second kappa shape index (κ2) is 15.5. The molecule has 0 saturated carbocycles. The standard InChI is InChI=1S/C21H38N2OS/c1-2-3-4-5-6-7-8-9-10-11-12-13-14-15-16-17-19-18-20(24)23-21(25)22-19/h18H,2-17H2,1H3,(H2,22,23,24,25). The van der Waals surface area contributed by atoms with Gasteiger partial charge in [0.05, 0.1) is 0 Å². The summed E-state index contributed by atoms with van der Waals surface area (Å²) in [5.41, 5.74) is 0.763. The van der Waals surface area contributed by atoms with E-state index in [2.05, 4.69) is 29.5 Å². The molecule has 0 aromatic carbocycles. The minimum Gasteiger partial charge on any atom is -0.302 e. The van der Waals surface area contributed by atoms with Gasteiger partial charge in [-0.05, 0) is 12.8 Å². The fraction of sp³-hybridized carbons (Fsp3) is 0.810. The molecule has 1 N–H and O–H groups in total. The minimum absolute atomic E-state index is 0.101. The Morgan fingerprint density at radius 3 is 1.68 bits per heavy atom. The molecule has 0 radical (unpaired) electrons. The first-order chi connectivity index (χ1) is 12.2. The number of unbranched alkanes of at least 4 members (excludes halogenated alkanes) is 14. The summed E-state index contributed by atoms with van der Waals surface area (Å²) in [6.45, 7) is 2.28. The Hall–Kier alpha value is -0.770. The number of thiol groups is 1. The van der Waals surface area contributed by atoms with Crippen LogP contribution in [0.3, 0.4) is 0 Å². The van der Waals surface area contributed by atoms with Gasteiger partial charge >= 0.3 is 0 Å². The Morgan fingerprint density at radius 1 is 0.800 bits per heavy atom. The predicted molar refractivity (Wildman–Crippen MR) is 111 cm³/mol. The number of aryl methyl sites for hydroxylation is 1. The van der Waals surface area contributed by atoms with Gasteiger partial charge in [0.15, 0.2) is 5.16 Å². The molecule has 0 fully saturated rings. The molecular formula is C21H38N2OS. The van der Waals surface area contributed by atoms with Crippen LogP contribution < -0.4 is 5.56 Å².